The number of piperidine rings is 1. The third-order valence-corrected chi connectivity index (χ3v) is 3.30. The first-order chi connectivity index (χ1) is 8.31. The van der Waals surface area contributed by atoms with Gasteiger partial charge in [-0.2, -0.15) is 0 Å². The Bertz CT molecular complexity index is 258. The molecule has 2 atom stereocenters. The van der Waals surface area contributed by atoms with Gasteiger partial charge >= 0.3 is 0 Å². The SMILES string of the molecule is CCOC1CCCN(C(=O)C2CNCCO2)C1.Cl. The van der Waals surface area contributed by atoms with Crippen molar-refractivity contribution in [2.45, 2.75) is 32.0 Å². The van der Waals surface area contributed by atoms with Crippen molar-refractivity contribution in [1.82, 2.24) is 10.2 Å². The lowest BCUT2D eigenvalue weighted by Crippen LogP contribution is -2.52. The van der Waals surface area contributed by atoms with Gasteiger partial charge in [0.1, 0.15) is 6.10 Å². The maximum atomic E-state index is 12.2. The molecule has 2 aliphatic rings. The van der Waals surface area contributed by atoms with E-state index < -0.39 is 0 Å². The zero-order valence-electron chi connectivity index (χ0n) is 10.9. The number of halogens is 1. The molecule has 1 amide bonds. The Morgan fingerprint density at radius 1 is 1.56 bits per heavy atom. The van der Waals surface area contributed by atoms with E-state index in [1.54, 1.807) is 0 Å². The molecular weight excluding hydrogens is 256 g/mol. The minimum Gasteiger partial charge on any atom is -0.377 e. The first-order valence-corrected chi connectivity index (χ1v) is 6.54. The van der Waals surface area contributed by atoms with Crippen LogP contribution in [0.3, 0.4) is 0 Å². The van der Waals surface area contributed by atoms with Gasteiger partial charge in [0.2, 0.25) is 0 Å². The smallest absolute Gasteiger partial charge is 0.253 e. The number of amides is 1. The Hall–Kier alpha value is -0.360. The summed E-state index contributed by atoms with van der Waals surface area (Å²) in [5, 5.41) is 3.19. The Balaban J connectivity index is 0.00000162. The summed E-state index contributed by atoms with van der Waals surface area (Å²) in [6.07, 6.45) is 1.98. The van der Waals surface area contributed by atoms with Crippen molar-refractivity contribution in [3.05, 3.63) is 0 Å². The van der Waals surface area contributed by atoms with Crippen LogP contribution in [0.1, 0.15) is 19.8 Å². The van der Waals surface area contributed by atoms with Crippen LogP contribution >= 0.6 is 12.4 Å². The van der Waals surface area contributed by atoms with E-state index in [9.17, 15) is 4.79 Å². The van der Waals surface area contributed by atoms with E-state index >= 15 is 0 Å². The molecular formula is C12H23ClN2O3. The normalized spacial score (nSPS) is 28.6. The van der Waals surface area contributed by atoms with Crippen LogP contribution in [0.5, 0.6) is 0 Å². The fourth-order valence-corrected chi connectivity index (χ4v) is 2.44. The number of nitrogens with zero attached hydrogens (tertiary/aromatic N) is 1. The monoisotopic (exact) mass is 278 g/mol. The van der Waals surface area contributed by atoms with E-state index in [4.69, 9.17) is 9.47 Å². The van der Waals surface area contributed by atoms with Gasteiger partial charge in [-0.1, -0.05) is 0 Å². The summed E-state index contributed by atoms with van der Waals surface area (Å²) < 4.78 is 11.1. The van der Waals surface area contributed by atoms with E-state index in [1.165, 1.54) is 0 Å². The minimum absolute atomic E-state index is 0. The molecule has 0 aliphatic carbocycles. The minimum atomic E-state index is -0.302. The highest BCUT2D eigenvalue weighted by Crippen LogP contribution is 2.15. The van der Waals surface area contributed by atoms with Crippen molar-refractivity contribution in [2.75, 3.05) is 39.4 Å². The number of carbonyl (C=O) groups is 1. The van der Waals surface area contributed by atoms with Gasteiger partial charge in [0.15, 0.2) is 0 Å². The van der Waals surface area contributed by atoms with Crippen LogP contribution in [0.2, 0.25) is 0 Å². The molecule has 0 spiro atoms. The van der Waals surface area contributed by atoms with Crippen LogP contribution in [0.25, 0.3) is 0 Å². The molecule has 2 unspecified atom stereocenters. The highest BCUT2D eigenvalue weighted by molar-refractivity contribution is 5.85. The molecule has 6 heteroatoms. The summed E-state index contributed by atoms with van der Waals surface area (Å²) in [6, 6.07) is 0. The second-order valence-corrected chi connectivity index (χ2v) is 4.57. The van der Waals surface area contributed by atoms with Crippen molar-refractivity contribution in [3.63, 3.8) is 0 Å². The summed E-state index contributed by atoms with van der Waals surface area (Å²) in [7, 11) is 0. The average molecular weight is 279 g/mol. The van der Waals surface area contributed by atoms with Gasteiger partial charge in [-0.15, -0.1) is 12.4 Å². The summed E-state index contributed by atoms with van der Waals surface area (Å²) >= 11 is 0. The Labute approximate surface area is 115 Å². The molecule has 18 heavy (non-hydrogen) atoms. The van der Waals surface area contributed by atoms with E-state index in [2.05, 4.69) is 5.32 Å². The summed E-state index contributed by atoms with van der Waals surface area (Å²) in [6.45, 7) is 6.36. The molecule has 2 saturated heterocycles. The number of carbonyl (C=O) groups excluding carboxylic acids is 1. The fourth-order valence-electron chi connectivity index (χ4n) is 2.44. The molecule has 1 N–H and O–H groups in total. The van der Waals surface area contributed by atoms with Gasteiger partial charge in [0, 0.05) is 32.8 Å². The fraction of sp³-hybridized carbons (Fsp3) is 0.917. The number of hydrogen-bond donors (Lipinski definition) is 1. The maximum absolute atomic E-state index is 12.2. The van der Waals surface area contributed by atoms with Crippen LogP contribution < -0.4 is 5.32 Å². The standard InChI is InChI=1S/C12H22N2O3.ClH/c1-2-16-10-4-3-6-14(9-10)12(15)11-8-13-5-7-17-11;/h10-11,13H,2-9H2,1H3;1H. The van der Waals surface area contributed by atoms with Gasteiger partial charge in [-0.05, 0) is 19.8 Å². The molecule has 2 aliphatic heterocycles. The molecule has 0 saturated carbocycles. The van der Waals surface area contributed by atoms with Gasteiger partial charge in [-0.25, -0.2) is 0 Å². The molecule has 0 radical (unpaired) electrons. The van der Waals surface area contributed by atoms with Crippen LogP contribution in [-0.4, -0.2) is 62.4 Å². The van der Waals surface area contributed by atoms with Crippen LogP contribution in [0, 0.1) is 0 Å². The number of hydrogen-bond acceptors (Lipinski definition) is 4. The average Bonchev–Trinajstić information content (AvgIpc) is 2.40. The van der Waals surface area contributed by atoms with Gasteiger partial charge in [0.05, 0.1) is 12.7 Å². The van der Waals surface area contributed by atoms with Crippen LogP contribution in [0.4, 0.5) is 0 Å². The van der Waals surface area contributed by atoms with Crippen LogP contribution in [0.15, 0.2) is 0 Å². The second kappa shape index (κ2) is 7.94. The highest BCUT2D eigenvalue weighted by Gasteiger charge is 2.30. The van der Waals surface area contributed by atoms with Crippen molar-refractivity contribution in [2.24, 2.45) is 0 Å². The van der Waals surface area contributed by atoms with E-state index in [-0.39, 0.29) is 30.5 Å². The van der Waals surface area contributed by atoms with Gasteiger partial charge < -0.3 is 19.7 Å². The summed E-state index contributed by atoms with van der Waals surface area (Å²) in [4.78, 5) is 14.1. The van der Waals surface area contributed by atoms with Crippen LogP contribution in [-0.2, 0) is 14.3 Å². The maximum Gasteiger partial charge on any atom is 0.253 e. The molecule has 2 fully saturated rings. The number of rotatable bonds is 3. The predicted octanol–water partition coefficient (Wildman–Crippen LogP) is 0.424. The number of nitrogens with one attached hydrogen (secondary N) is 1. The largest absolute Gasteiger partial charge is 0.377 e. The molecule has 106 valence electrons. The highest BCUT2D eigenvalue weighted by atomic mass is 35.5. The summed E-state index contributed by atoms with van der Waals surface area (Å²) in [5.74, 6) is 0.113. The van der Waals surface area contributed by atoms with Gasteiger partial charge in [-0.3, -0.25) is 4.79 Å². The lowest BCUT2D eigenvalue weighted by Gasteiger charge is -2.35. The Morgan fingerprint density at radius 3 is 3.06 bits per heavy atom. The quantitative estimate of drug-likeness (QED) is 0.813. The van der Waals surface area contributed by atoms with Gasteiger partial charge in [0.25, 0.3) is 5.91 Å². The van der Waals surface area contributed by atoms with Crippen molar-refractivity contribution in [3.8, 4) is 0 Å². The molecule has 2 heterocycles. The lowest BCUT2D eigenvalue weighted by atomic mass is 10.1. The molecule has 0 aromatic carbocycles. The van der Waals surface area contributed by atoms with Crippen molar-refractivity contribution < 1.29 is 14.3 Å². The van der Waals surface area contributed by atoms with Crippen molar-refractivity contribution >= 4 is 18.3 Å². The second-order valence-electron chi connectivity index (χ2n) is 4.57. The van der Waals surface area contributed by atoms with E-state index in [0.29, 0.717) is 26.3 Å². The Morgan fingerprint density at radius 2 is 2.39 bits per heavy atom. The zero-order chi connectivity index (χ0) is 12.1. The molecule has 2 rings (SSSR count). The molecule has 5 nitrogen and oxygen atoms in total. The zero-order valence-corrected chi connectivity index (χ0v) is 11.7. The topological polar surface area (TPSA) is 50.8 Å². The first-order valence-electron chi connectivity index (χ1n) is 6.54. The molecule has 0 bridgehead atoms. The predicted molar refractivity (Wildman–Crippen MR) is 71.1 cm³/mol. The van der Waals surface area contributed by atoms with E-state index in [1.807, 2.05) is 11.8 Å². The van der Waals surface area contributed by atoms with E-state index in [0.717, 1.165) is 25.9 Å². The molecule has 0 aromatic rings. The van der Waals surface area contributed by atoms with Crippen molar-refractivity contribution in [1.29, 1.82) is 0 Å². The summed E-state index contributed by atoms with van der Waals surface area (Å²) in [5.41, 5.74) is 0. The first kappa shape index (κ1) is 15.7. The Kier molecular flexibility index (Phi) is 6.92. The molecule has 0 aromatic heterocycles. The number of ether oxygens (including phenoxy) is 2. The lowest BCUT2D eigenvalue weighted by molar-refractivity contribution is -0.149. The third kappa shape index (κ3) is 4.09. The number of likely N-dealkylation sites (tertiary alicyclic amines) is 1. The third-order valence-electron chi connectivity index (χ3n) is 3.30. The number of morpholine rings is 1.